The number of ether oxygens (including phenoxy) is 3. The molecule has 3 rings (SSSR count). The number of amides is 2. The Labute approximate surface area is 196 Å². The van der Waals surface area contributed by atoms with Crippen LogP contribution in [0.15, 0.2) is 35.2 Å². The van der Waals surface area contributed by atoms with Crippen molar-refractivity contribution in [2.45, 2.75) is 50.8 Å². The molecule has 0 radical (unpaired) electrons. The molecule has 178 valence electrons. The zero-order valence-corrected chi connectivity index (χ0v) is 19.7. The molecule has 1 aromatic carbocycles. The molecule has 2 amide bonds. The maximum Gasteiger partial charge on any atom is 0.338 e. The van der Waals surface area contributed by atoms with Crippen molar-refractivity contribution in [3.05, 3.63) is 46.4 Å². The third kappa shape index (κ3) is 5.75. The first-order valence-electron chi connectivity index (χ1n) is 10.7. The Hall–Kier alpha value is -2.85. The number of β-lactam (4-membered cyclic amide) rings is 1. The van der Waals surface area contributed by atoms with Gasteiger partial charge in [-0.15, -0.1) is 11.8 Å². The first-order chi connectivity index (χ1) is 15.9. The normalized spacial score (nSPS) is 21.4. The van der Waals surface area contributed by atoms with Crippen LogP contribution in [0.5, 0.6) is 0 Å². The van der Waals surface area contributed by atoms with Crippen LogP contribution in [-0.4, -0.2) is 66.5 Å². The molecule has 1 aromatic rings. The first-order valence-corrected chi connectivity index (χ1v) is 11.7. The minimum Gasteiger partial charge on any atom is -0.462 e. The minimum absolute atomic E-state index is 0.0800. The van der Waals surface area contributed by atoms with Crippen LogP contribution in [0.25, 0.3) is 0 Å². The molecule has 2 aliphatic heterocycles. The molecule has 1 N–H and O–H groups in total. The van der Waals surface area contributed by atoms with Crippen LogP contribution in [0.1, 0.15) is 42.6 Å². The molecule has 0 spiro atoms. The van der Waals surface area contributed by atoms with E-state index in [0.717, 1.165) is 18.4 Å². The van der Waals surface area contributed by atoms with Gasteiger partial charge in [-0.1, -0.05) is 25.5 Å². The third-order valence-electron chi connectivity index (χ3n) is 5.35. The number of rotatable bonds is 10. The van der Waals surface area contributed by atoms with Gasteiger partial charge in [-0.3, -0.25) is 14.4 Å². The Balaban J connectivity index is 1.64. The summed E-state index contributed by atoms with van der Waals surface area (Å²) in [5.74, 6) is -1.52. The first kappa shape index (κ1) is 24.8. The maximum atomic E-state index is 13.1. The van der Waals surface area contributed by atoms with Crippen molar-refractivity contribution < 1.29 is 33.4 Å². The van der Waals surface area contributed by atoms with E-state index in [-0.39, 0.29) is 36.3 Å². The Morgan fingerprint density at radius 1 is 1.15 bits per heavy atom. The lowest BCUT2D eigenvalue weighted by Crippen LogP contribution is -2.70. The fourth-order valence-corrected chi connectivity index (χ4v) is 4.75. The molecule has 33 heavy (non-hydrogen) atoms. The van der Waals surface area contributed by atoms with Gasteiger partial charge in [0.15, 0.2) is 6.10 Å². The lowest BCUT2D eigenvalue weighted by Gasteiger charge is -2.51. The van der Waals surface area contributed by atoms with Crippen LogP contribution in [0.2, 0.25) is 0 Å². The highest BCUT2D eigenvalue weighted by Crippen LogP contribution is 2.41. The highest BCUT2D eigenvalue weighted by atomic mass is 32.2. The predicted octanol–water partition coefficient (Wildman–Crippen LogP) is 2.01. The summed E-state index contributed by atoms with van der Waals surface area (Å²) in [5, 5.41) is 4.28. The second kappa shape index (κ2) is 11.3. The van der Waals surface area contributed by atoms with Crippen LogP contribution in [0, 0.1) is 0 Å². The molecule has 1 fully saturated rings. The molecule has 9 nitrogen and oxygen atoms in total. The monoisotopic (exact) mass is 476 g/mol. The summed E-state index contributed by atoms with van der Waals surface area (Å²) < 4.78 is 15.5. The molecule has 0 aromatic heterocycles. The van der Waals surface area contributed by atoms with Gasteiger partial charge in [-0.05, 0) is 29.5 Å². The molecule has 0 bridgehead atoms. The van der Waals surface area contributed by atoms with Crippen molar-refractivity contribution in [2.24, 2.45) is 0 Å². The average molecular weight is 477 g/mol. The lowest BCUT2D eigenvalue weighted by atomic mass is 9.99. The van der Waals surface area contributed by atoms with E-state index in [1.807, 2.05) is 6.92 Å². The van der Waals surface area contributed by atoms with Crippen LogP contribution in [0.4, 0.5) is 0 Å². The topological polar surface area (TPSA) is 111 Å². The van der Waals surface area contributed by atoms with Crippen LogP contribution < -0.4 is 5.32 Å². The standard InChI is InChI=1S/C23H28N2O7S/c1-4-5-10-31-23(29)16-8-6-15(7-9-16)11-24-20(27)18-17(12-32-14(2)26)13-33-22-19(30-3)21(28)25(18)22/h6-9,13,18-19,22H,4-5,10-12H2,1-3H3,(H,24,27)/t18?,19-,22-/m0/s1. The van der Waals surface area contributed by atoms with E-state index < -0.39 is 18.1 Å². The van der Waals surface area contributed by atoms with Gasteiger partial charge in [0, 0.05) is 26.2 Å². The second-order valence-corrected chi connectivity index (χ2v) is 8.70. The van der Waals surface area contributed by atoms with Gasteiger partial charge in [-0.2, -0.15) is 0 Å². The molecular weight excluding hydrogens is 448 g/mol. The van der Waals surface area contributed by atoms with E-state index in [4.69, 9.17) is 14.2 Å². The molecule has 0 aliphatic carbocycles. The summed E-state index contributed by atoms with van der Waals surface area (Å²) in [4.78, 5) is 50.3. The van der Waals surface area contributed by atoms with E-state index in [1.54, 1.807) is 29.7 Å². The Kier molecular flexibility index (Phi) is 8.51. The SMILES string of the molecule is CCCCOC(=O)c1ccc(CNC(=O)C2C(COC(C)=O)=CS[C@H]3[C@@H](OC)C(=O)N23)cc1. The fourth-order valence-electron chi connectivity index (χ4n) is 3.52. The summed E-state index contributed by atoms with van der Waals surface area (Å²) in [5.41, 5.74) is 1.75. The highest BCUT2D eigenvalue weighted by Gasteiger charge is 2.55. The summed E-state index contributed by atoms with van der Waals surface area (Å²) in [6.07, 6.45) is 1.15. The molecule has 1 unspecified atom stereocenters. The summed E-state index contributed by atoms with van der Waals surface area (Å²) in [7, 11) is 1.46. The number of unbranched alkanes of at least 4 members (excludes halogenated alkanes) is 1. The van der Waals surface area contributed by atoms with Gasteiger partial charge in [-0.25, -0.2) is 4.79 Å². The van der Waals surface area contributed by atoms with Gasteiger partial charge in [0.1, 0.15) is 18.0 Å². The summed E-state index contributed by atoms with van der Waals surface area (Å²) in [6.45, 7) is 3.81. The molecule has 2 aliphatic rings. The molecule has 2 heterocycles. The van der Waals surface area contributed by atoms with E-state index in [9.17, 15) is 19.2 Å². The van der Waals surface area contributed by atoms with Gasteiger partial charge in [0.25, 0.3) is 5.91 Å². The number of carbonyl (C=O) groups excluding carboxylic acids is 4. The minimum atomic E-state index is -0.887. The molecule has 3 atom stereocenters. The van der Waals surface area contributed by atoms with E-state index >= 15 is 0 Å². The average Bonchev–Trinajstić information content (AvgIpc) is 2.81. The van der Waals surface area contributed by atoms with Crippen LogP contribution in [-0.2, 0) is 35.1 Å². The van der Waals surface area contributed by atoms with Gasteiger partial charge in [0.05, 0.1) is 12.2 Å². The molecule has 10 heteroatoms. The summed E-state index contributed by atoms with van der Waals surface area (Å²) >= 11 is 1.36. The number of carbonyl (C=O) groups is 4. The van der Waals surface area contributed by atoms with Gasteiger partial charge < -0.3 is 24.4 Å². The maximum absolute atomic E-state index is 13.1. The summed E-state index contributed by atoms with van der Waals surface area (Å²) in [6, 6.07) is 5.89. The van der Waals surface area contributed by atoms with Crippen molar-refractivity contribution in [1.82, 2.24) is 10.2 Å². The quantitative estimate of drug-likeness (QED) is 0.310. The van der Waals surface area contributed by atoms with Crippen LogP contribution >= 0.6 is 11.8 Å². The highest BCUT2D eigenvalue weighted by molar-refractivity contribution is 8.02. The van der Waals surface area contributed by atoms with Gasteiger partial charge in [0.2, 0.25) is 5.91 Å². The number of fused-ring (bicyclic) bond motifs is 1. The Morgan fingerprint density at radius 3 is 2.52 bits per heavy atom. The van der Waals surface area contributed by atoms with E-state index in [0.29, 0.717) is 17.7 Å². The van der Waals surface area contributed by atoms with Crippen LogP contribution in [0.3, 0.4) is 0 Å². The smallest absolute Gasteiger partial charge is 0.338 e. The number of methoxy groups -OCH3 is 1. The Morgan fingerprint density at radius 2 is 1.88 bits per heavy atom. The number of esters is 2. The van der Waals surface area contributed by atoms with Crippen molar-refractivity contribution in [2.75, 3.05) is 20.3 Å². The van der Waals surface area contributed by atoms with Crippen molar-refractivity contribution >= 4 is 35.5 Å². The zero-order chi connectivity index (χ0) is 24.0. The van der Waals surface area contributed by atoms with Gasteiger partial charge >= 0.3 is 11.9 Å². The Bertz CT molecular complexity index is 931. The zero-order valence-electron chi connectivity index (χ0n) is 18.9. The number of benzene rings is 1. The molecular formula is C23H28N2O7S. The number of hydrogen-bond donors (Lipinski definition) is 1. The van der Waals surface area contributed by atoms with E-state index in [1.165, 1.54) is 30.7 Å². The van der Waals surface area contributed by atoms with Crippen molar-refractivity contribution in [3.8, 4) is 0 Å². The number of hydrogen-bond acceptors (Lipinski definition) is 8. The number of nitrogens with one attached hydrogen (secondary N) is 1. The molecule has 0 saturated carbocycles. The lowest BCUT2D eigenvalue weighted by molar-refractivity contribution is -0.168. The fraction of sp³-hybridized carbons (Fsp3) is 0.478. The third-order valence-corrected chi connectivity index (χ3v) is 6.54. The van der Waals surface area contributed by atoms with Crippen molar-refractivity contribution in [3.63, 3.8) is 0 Å². The number of thioether (sulfide) groups is 1. The molecule has 1 saturated heterocycles. The largest absolute Gasteiger partial charge is 0.462 e. The van der Waals surface area contributed by atoms with E-state index in [2.05, 4.69) is 5.32 Å². The predicted molar refractivity (Wildman–Crippen MR) is 121 cm³/mol. The van der Waals surface area contributed by atoms with Crippen molar-refractivity contribution in [1.29, 1.82) is 0 Å². The number of nitrogens with zero attached hydrogens (tertiary/aromatic N) is 1. The second-order valence-electron chi connectivity index (χ2n) is 7.71.